The van der Waals surface area contributed by atoms with Gasteiger partial charge in [0.05, 0.1) is 10.9 Å². The molecule has 5 nitrogen and oxygen atoms in total. The third-order valence-corrected chi connectivity index (χ3v) is 4.51. The topological polar surface area (TPSA) is 79.3 Å². The van der Waals surface area contributed by atoms with E-state index >= 15 is 0 Å². The molecule has 1 aromatic heterocycles. The van der Waals surface area contributed by atoms with Gasteiger partial charge in [-0.2, -0.15) is 0 Å². The summed E-state index contributed by atoms with van der Waals surface area (Å²) >= 11 is 2.40. The Bertz CT molecular complexity index is 445. The molecule has 1 amide bonds. The third-order valence-electron chi connectivity index (χ3n) is 2.17. The minimum absolute atomic E-state index is 0.0495. The van der Waals surface area contributed by atoms with Gasteiger partial charge in [0.2, 0.25) is 5.91 Å². The van der Waals surface area contributed by atoms with E-state index in [1.807, 2.05) is 6.92 Å². The lowest BCUT2D eigenvalue weighted by Crippen LogP contribution is -2.31. The highest BCUT2D eigenvalue weighted by molar-refractivity contribution is 8.02. The van der Waals surface area contributed by atoms with Crippen LogP contribution < -0.4 is 5.32 Å². The maximum absolute atomic E-state index is 11.7. The van der Waals surface area contributed by atoms with E-state index in [1.165, 1.54) is 11.8 Å². The number of aryl methyl sites for hydroxylation is 1. The number of thiazole rings is 1. The molecule has 0 saturated carbocycles. The molecular formula is C11H16N2O3S2. The molecule has 0 bridgehead atoms. The number of carboxylic acid groups (broad SMARTS) is 1. The molecule has 100 valence electrons. The molecule has 0 saturated heterocycles. The van der Waals surface area contributed by atoms with Crippen LogP contribution in [0.1, 0.15) is 35.6 Å². The number of rotatable bonds is 6. The number of nitrogens with one attached hydrogen (secondary N) is 1. The number of nitrogens with zero attached hydrogens (tertiary/aromatic N) is 1. The average Bonchev–Trinajstić information content (AvgIpc) is 2.67. The van der Waals surface area contributed by atoms with E-state index in [4.69, 9.17) is 5.11 Å². The number of aromatic carboxylic acids is 1. The van der Waals surface area contributed by atoms with E-state index in [0.29, 0.717) is 16.6 Å². The van der Waals surface area contributed by atoms with Gasteiger partial charge in [-0.25, -0.2) is 9.78 Å². The zero-order valence-electron chi connectivity index (χ0n) is 10.5. The van der Waals surface area contributed by atoms with Crippen LogP contribution in [0.5, 0.6) is 0 Å². The Balaban J connectivity index is 2.64. The van der Waals surface area contributed by atoms with Crippen molar-refractivity contribution in [2.45, 2.75) is 36.8 Å². The predicted octanol–water partition coefficient (Wildman–Crippen LogP) is 2.16. The predicted molar refractivity (Wildman–Crippen MR) is 72.4 cm³/mol. The quantitative estimate of drug-likeness (QED) is 0.784. The van der Waals surface area contributed by atoms with Gasteiger partial charge in [0.25, 0.3) is 0 Å². The van der Waals surface area contributed by atoms with Crippen molar-refractivity contribution < 1.29 is 14.7 Å². The van der Waals surface area contributed by atoms with E-state index in [9.17, 15) is 9.59 Å². The minimum atomic E-state index is -0.972. The molecule has 7 heteroatoms. The summed E-state index contributed by atoms with van der Waals surface area (Å²) < 4.78 is 0.615. The van der Waals surface area contributed by atoms with E-state index in [1.54, 1.807) is 13.8 Å². The lowest BCUT2D eigenvalue weighted by molar-refractivity contribution is -0.120. The number of carbonyl (C=O) groups excluding carboxylic acids is 1. The summed E-state index contributed by atoms with van der Waals surface area (Å²) in [5.41, 5.74) is 0.496. The first-order valence-corrected chi connectivity index (χ1v) is 7.30. The second kappa shape index (κ2) is 6.75. The van der Waals surface area contributed by atoms with Crippen LogP contribution in [0.3, 0.4) is 0 Å². The molecule has 0 spiro atoms. The molecule has 1 unspecified atom stereocenters. The first kappa shape index (κ1) is 15.0. The van der Waals surface area contributed by atoms with Gasteiger partial charge in [-0.05, 0) is 20.3 Å². The molecule has 1 atom stereocenters. The summed E-state index contributed by atoms with van der Waals surface area (Å²) in [4.78, 5) is 26.9. The molecule has 1 aromatic rings. The van der Waals surface area contributed by atoms with Crippen molar-refractivity contribution in [2.24, 2.45) is 0 Å². The Labute approximate surface area is 114 Å². The summed E-state index contributed by atoms with van der Waals surface area (Å²) in [7, 11) is 0. The van der Waals surface area contributed by atoms with Crippen LogP contribution in [-0.2, 0) is 4.79 Å². The number of hydrogen-bond donors (Lipinski definition) is 2. The fourth-order valence-corrected chi connectivity index (χ4v) is 3.41. The number of amides is 1. The minimum Gasteiger partial charge on any atom is -0.477 e. The Morgan fingerprint density at radius 3 is 2.72 bits per heavy atom. The van der Waals surface area contributed by atoms with Gasteiger partial charge < -0.3 is 10.4 Å². The smallest absolute Gasteiger partial charge is 0.347 e. The molecule has 0 aliphatic carbocycles. The van der Waals surface area contributed by atoms with Gasteiger partial charge >= 0.3 is 5.97 Å². The SMILES string of the molecule is CCCNC(=O)C(C)Sc1nc(C)c(C(=O)O)s1. The zero-order valence-corrected chi connectivity index (χ0v) is 12.2. The molecule has 0 fully saturated rings. The van der Waals surface area contributed by atoms with Crippen molar-refractivity contribution in [3.8, 4) is 0 Å². The average molecular weight is 288 g/mol. The Morgan fingerprint density at radius 2 is 2.22 bits per heavy atom. The highest BCUT2D eigenvalue weighted by Gasteiger charge is 2.19. The van der Waals surface area contributed by atoms with Gasteiger partial charge in [0, 0.05) is 6.54 Å². The molecule has 2 N–H and O–H groups in total. The highest BCUT2D eigenvalue weighted by atomic mass is 32.2. The van der Waals surface area contributed by atoms with Crippen LogP contribution in [0.15, 0.2) is 4.34 Å². The van der Waals surface area contributed by atoms with Crippen LogP contribution >= 0.6 is 23.1 Å². The summed E-state index contributed by atoms with van der Waals surface area (Å²) in [6, 6.07) is 0. The molecule has 0 aliphatic heterocycles. The fourth-order valence-electron chi connectivity index (χ4n) is 1.22. The Morgan fingerprint density at radius 1 is 1.56 bits per heavy atom. The molecule has 18 heavy (non-hydrogen) atoms. The van der Waals surface area contributed by atoms with Crippen LogP contribution in [0.25, 0.3) is 0 Å². The first-order valence-electron chi connectivity index (χ1n) is 5.60. The van der Waals surface area contributed by atoms with Crippen LogP contribution in [-0.4, -0.2) is 33.8 Å². The monoisotopic (exact) mass is 288 g/mol. The van der Waals surface area contributed by atoms with Crippen LogP contribution in [0.4, 0.5) is 0 Å². The first-order chi connectivity index (χ1) is 8.45. The fraction of sp³-hybridized carbons (Fsp3) is 0.545. The summed E-state index contributed by atoms with van der Waals surface area (Å²) in [6.07, 6.45) is 0.892. The standard InChI is InChI=1S/C11H16N2O3S2/c1-4-5-12-9(14)7(3)17-11-13-6(2)8(18-11)10(15)16/h7H,4-5H2,1-3H3,(H,12,14)(H,15,16). The largest absolute Gasteiger partial charge is 0.477 e. The molecular weight excluding hydrogens is 272 g/mol. The lowest BCUT2D eigenvalue weighted by Gasteiger charge is -2.09. The maximum atomic E-state index is 11.7. The molecule has 1 rings (SSSR count). The van der Waals surface area contributed by atoms with E-state index in [2.05, 4.69) is 10.3 Å². The molecule has 0 aliphatic rings. The van der Waals surface area contributed by atoms with Crippen molar-refractivity contribution in [1.29, 1.82) is 0 Å². The second-order valence-electron chi connectivity index (χ2n) is 3.75. The number of thioether (sulfide) groups is 1. The summed E-state index contributed by atoms with van der Waals surface area (Å²) in [6.45, 7) is 6.08. The number of aromatic nitrogens is 1. The third kappa shape index (κ3) is 3.99. The van der Waals surface area contributed by atoms with Crippen LogP contribution in [0.2, 0.25) is 0 Å². The van der Waals surface area contributed by atoms with Crippen LogP contribution in [0, 0.1) is 6.92 Å². The van der Waals surface area contributed by atoms with Gasteiger partial charge in [0.15, 0.2) is 4.34 Å². The Hall–Kier alpha value is -1.08. The molecule has 0 aromatic carbocycles. The molecule has 1 heterocycles. The van der Waals surface area contributed by atoms with Gasteiger partial charge in [-0.3, -0.25) is 4.79 Å². The van der Waals surface area contributed by atoms with E-state index in [-0.39, 0.29) is 16.0 Å². The van der Waals surface area contributed by atoms with E-state index in [0.717, 1.165) is 17.8 Å². The lowest BCUT2D eigenvalue weighted by atomic mass is 10.4. The van der Waals surface area contributed by atoms with Gasteiger partial charge in [-0.15, -0.1) is 11.3 Å². The zero-order chi connectivity index (χ0) is 13.7. The second-order valence-corrected chi connectivity index (χ2v) is 6.34. The van der Waals surface area contributed by atoms with Gasteiger partial charge in [0.1, 0.15) is 4.88 Å². The number of carboxylic acids is 1. The van der Waals surface area contributed by atoms with Crippen molar-refractivity contribution >= 4 is 35.0 Å². The normalized spacial score (nSPS) is 12.2. The number of hydrogen-bond acceptors (Lipinski definition) is 5. The van der Waals surface area contributed by atoms with Crippen molar-refractivity contribution in [2.75, 3.05) is 6.54 Å². The summed E-state index contributed by atoms with van der Waals surface area (Å²) in [5, 5.41) is 11.4. The van der Waals surface area contributed by atoms with Crippen molar-refractivity contribution in [3.63, 3.8) is 0 Å². The van der Waals surface area contributed by atoms with Crippen molar-refractivity contribution in [3.05, 3.63) is 10.6 Å². The highest BCUT2D eigenvalue weighted by Crippen LogP contribution is 2.30. The van der Waals surface area contributed by atoms with Crippen molar-refractivity contribution in [1.82, 2.24) is 10.3 Å². The Kier molecular flexibility index (Phi) is 5.61. The van der Waals surface area contributed by atoms with Gasteiger partial charge in [-0.1, -0.05) is 18.7 Å². The molecule has 0 radical (unpaired) electrons. The van der Waals surface area contributed by atoms with E-state index < -0.39 is 5.97 Å². The maximum Gasteiger partial charge on any atom is 0.347 e. The summed E-state index contributed by atoms with van der Waals surface area (Å²) in [5.74, 6) is -1.02. The number of carbonyl (C=O) groups is 2.